The molecule has 0 aliphatic carbocycles. The van der Waals surface area contributed by atoms with Crippen molar-refractivity contribution < 1.29 is 31.8 Å². The van der Waals surface area contributed by atoms with E-state index in [0.717, 1.165) is 6.08 Å². The van der Waals surface area contributed by atoms with Gasteiger partial charge in [-0.1, -0.05) is 0 Å². The molecule has 0 saturated heterocycles. The van der Waals surface area contributed by atoms with Gasteiger partial charge in [0.1, 0.15) is 12.4 Å². The van der Waals surface area contributed by atoms with Gasteiger partial charge in [0.25, 0.3) is 0 Å². The Kier molecular flexibility index (Phi) is 4.52. The zero-order valence-corrected chi connectivity index (χ0v) is 11.7. The van der Waals surface area contributed by atoms with E-state index >= 15 is 0 Å². The average Bonchev–Trinajstić information content (AvgIpc) is 2.44. The van der Waals surface area contributed by atoms with Crippen LogP contribution in [-0.4, -0.2) is 38.2 Å². The number of ether oxygens (including phenoxy) is 1. The molecule has 1 aromatic rings. The molecule has 0 radical (unpaired) electrons. The Morgan fingerprint density at radius 3 is 2.50 bits per heavy atom. The third-order valence-electron chi connectivity index (χ3n) is 2.56. The first kappa shape index (κ1) is 16.0. The number of nitrogens with one attached hydrogen (secondary N) is 1. The predicted molar refractivity (Wildman–Crippen MR) is 71.8 cm³/mol. The summed E-state index contributed by atoms with van der Waals surface area (Å²) in [6, 6.07) is 5.05. The number of carbonyl (C=O) groups is 1. The van der Waals surface area contributed by atoms with Crippen molar-refractivity contribution in [1.82, 2.24) is 4.72 Å². The summed E-state index contributed by atoms with van der Waals surface area (Å²) in [7, 11) is -4.13. The van der Waals surface area contributed by atoms with Crippen molar-refractivity contribution in [2.24, 2.45) is 4.40 Å². The van der Waals surface area contributed by atoms with Crippen molar-refractivity contribution in [3.05, 3.63) is 41.6 Å². The van der Waals surface area contributed by atoms with Crippen LogP contribution in [0, 0.1) is 0 Å². The summed E-state index contributed by atoms with van der Waals surface area (Å²) in [5, 5.41) is 8.78. The monoisotopic (exact) mass is 332 g/mol. The molecule has 0 spiro atoms. The molecular weight excluding hydrogens is 322 g/mol. The number of benzene rings is 1. The zero-order chi connectivity index (χ0) is 16.3. The van der Waals surface area contributed by atoms with Gasteiger partial charge in [0.15, 0.2) is 0 Å². The highest BCUT2D eigenvalue weighted by Gasteiger charge is 2.23. The molecule has 0 fully saturated rings. The van der Waals surface area contributed by atoms with Crippen molar-refractivity contribution >= 4 is 21.7 Å². The second kappa shape index (κ2) is 6.20. The summed E-state index contributed by atoms with van der Waals surface area (Å²) >= 11 is 0. The van der Waals surface area contributed by atoms with Crippen LogP contribution in [0.5, 0.6) is 5.75 Å². The molecule has 1 aromatic carbocycles. The average molecular weight is 332 g/mol. The van der Waals surface area contributed by atoms with Crippen molar-refractivity contribution in [2.45, 2.75) is 6.61 Å². The van der Waals surface area contributed by atoms with Crippen LogP contribution in [0.25, 0.3) is 0 Å². The normalized spacial score (nSPS) is 16.5. The van der Waals surface area contributed by atoms with Crippen LogP contribution in [0.15, 0.2) is 40.4 Å². The maximum atomic E-state index is 12.1. The number of allylic oxidation sites excluding steroid dienone is 1. The maximum absolute atomic E-state index is 12.1. The number of Topliss-reactive ketones (excluding diaryl/α,β-unsaturated/α-hetero) is 1. The van der Waals surface area contributed by atoms with Gasteiger partial charge in [-0.05, 0) is 30.3 Å². The van der Waals surface area contributed by atoms with Gasteiger partial charge in [0, 0.05) is 5.56 Å². The molecule has 2 rings (SSSR count). The Labute approximate surface area is 124 Å². The number of hydrogen-bond acceptors (Lipinski definition) is 5. The Morgan fingerprint density at radius 1 is 1.32 bits per heavy atom. The van der Waals surface area contributed by atoms with E-state index in [1.807, 2.05) is 4.72 Å². The van der Waals surface area contributed by atoms with Gasteiger partial charge >= 0.3 is 16.8 Å². The maximum Gasteiger partial charge on any atom is 0.387 e. The first-order valence-electron chi connectivity index (χ1n) is 5.84. The molecule has 0 bridgehead atoms. The molecule has 22 heavy (non-hydrogen) atoms. The van der Waals surface area contributed by atoms with E-state index < -0.39 is 29.2 Å². The van der Waals surface area contributed by atoms with Crippen LogP contribution in [0.3, 0.4) is 0 Å². The van der Waals surface area contributed by atoms with Crippen LogP contribution < -0.4 is 9.46 Å². The van der Waals surface area contributed by atoms with Gasteiger partial charge in [-0.15, -0.1) is 4.40 Å². The Balaban J connectivity index is 2.35. The SMILES string of the molecule is O=C(CO)C1=CC(c2ccc(OC(F)F)cc2)=NS(=O)(=O)N1. The summed E-state index contributed by atoms with van der Waals surface area (Å²) in [6.45, 7) is -3.85. The van der Waals surface area contributed by atoms with Crippen LogP contribution in [0.1, 0.15) is 5.56 Å². The molecule has 0 unspecified atom stereocenters. The highest BCUT2D eigenvalue weighted by Crippen LogP contribution is 2.18. The third kappa shape index (κ3) is 3.86. The van der Waals surface area contributed by atoms with E-state index in [4.69, 9.17) is 5.11 Å². The van der Waals surface area contributed by atoms with E-state index in [1.165, 1.54) is 24.3 Å². The van der Waals surface area contributed by atoms with Gasteiger partial charge in [0.05, 0.1) is 11.4 Å². The minimum Gasteiger partial charge on any atom is -0.435 e. The number of alkyl halides is 2. The van der Waals surface area contributed by atoms with E-state index in [2.05, 4.69) is 9.13 Å². The molecule has 1 aliphatic rings. The standard InChI is InChI=1S/C12H10F2N2O5S/c13-12(14)21-8-3-1-7(2-4-8)9-5-10(11(18)6-17)16-22(19,20)15-9/h1-5,12,16-17H,6H2. The summed E-state index contributed by atoms with van der Waals surface area (Å²) in [5.41, 5.74) is -0.130. The van der Waals surface area contributed by atoms with E-state index in [9.17, 15) is 22.0 Å². The van der Waals surface area contributed by atoms with Gasteiger partial charge in [-0.3, -0.25) is 9.52 Å². The van der Waals surface area contributed by atoms with E-state index in [0.29, 0.717) is 0 Å². The van der Waals surface area contributed by atoms with Crippen LogP contribution in [0.2, 0.25) is 0 Å². The lowest BCUT2D eigenvalue weighted by molar-refractivity contribution is -0.118. The summed E-state index contributed by atoms with van der Waals surface area (Å²) in [5.74, 6) is -0.930. The number of ketones is 1. The van der Waals surface area contributed by atoms with Crippen LogP contribution in [-0.2, 0) is 15.0 Å². The minimum atomic E-state index is -4.13. The first-order chi connectivity index (χ1) is 10.3. The Morgan fingerprint density at radius 2 is 1.95 bits per heavy atom. The number of carbonyl (C=O) groups excluding carboxylic acids is 1. The second-order valence-electron chi connectivity index (χ2n) is 4.10. The molecule has 0 atom stereocenters. The smallest absolute Gasteiger partial charge is 0.387 e. The molecular formula is C12H10F2N2O5S. The summed E-state index contributed by atoms with van der Waals surface area (Å²) in [4.78, 5) is 11.4. The fourth-order valence-corrected chi connectivity index (χ4v) is 2.56. The highest BCUT2D eigenvalue weighted by molar-refractivity contribution is 7.88. The number of aliphatic hydroxyl groups is 1. The van der Waals surface area contributed by atoms with Gasteiger partial charge < -0.3 is 9.84 Å². The van der Waals surface area contributed by atoms with Crippen LogP contribution >= 0.6 is 0 Å². The predicted octanol–water partition coefficient (Wildman–Crippen LogP) is 0.370. The zero-order valence-electron chi connectivity index (χ0n) is 10.9. The molecule has 2 N–H and O–H groups in total. The first-order valence-corrected chi connectivity index (χ1v) is 7.28. The number of nitrogens with zero attached hydrogens (tertiary/aromatic N) is 1. The minimum absolute atomic E-state index is 0.0702. The Hall–Kier alpha value is -2.33. The number of rotatable bonds is 5. The molecule has 1 heterocycles. The molecule has 118 valence electrons. The lowest BCUT2D eigenvalue weighted by atomic mass is 10.1. The molecule has 0 saturated carbocycles. The van der Waals surface area contributed by atoms with Gasteiger partial charge in [0.2, 0.25) is 5.78 Å². The molecule has 0 amide bonds. The largest absolute Gasteiger partial charge is 0.435 e. The van der Waals surface area contributed by atoms with Crippen molar-refractivity contribution in [3.63, 3.8) is 0 Å². The number of aliphatic hydroxyl groups excluding tert-OH is 1. The van der Waals surface area contributed by atoms with E-state index in [1.54, 1.807) is 0 Å². The van der Waals surface area contributed by atoms with Crippen LogP contribution in [0.4, 0.5) is 8.78 Å². The van der Waals surface area contributed by atoms with Crippen molar-refractivity contribution in [1.29, 1.82) is 0 Å². The van der Waals surface area contributed by atoms with Crippen molar-refractivity contribution in [2.75, 3.05) is 6.61 Å². The Bertz CT molecular complexity index is 741. The molecule has 0 aromatic heterocycles. The molecule has 1 aliphatic heterocycles. The summed E-state index contributed by atoms with van der Waals surface area (Å²) < 4.78 is 56.7. The van der Waals surface area contributed by atoms with E-state index in [-0.39, 0.29) is 22.7 Å². The highest BCUT2D eigenvalue weighted by atomic mass is 32.2. The van der Waals surface area contributed by atoms with Crippen molar-refractivity contribution in [3.8, 4) is 5.75 Å². The van der Waals surface area contributed by atoms with Gasteiger partial charge in [-0.2, -0.15) is 17.2 Å². The fraction of sp³-hybridized carbons (Fsp3) is 0.167. The second-order valence-corrected chi connectivity index (χ2v) is 5.43. The number of hydrogen-bond donors (Lipinski definition) is 2. The third-order valence-corrected chi connectivity index (χ3v) is 3.47. The number of halogens is 2. The lowest BCUT2D eigenvalue weighted by Gasteiger charge is -2.14. The molecule has 10 heteroatoms. The summed E-state index contributed by atoms with van der Waals surface area (Å²) in [6.07, 6.45) is 1.14. The quantitative estimate of drug-likeness (QED) is 0.810. The lowest BCUT2D eigenvalue weighted by Crippen LogP contribution is -2.32. The fourth-order valence-electron chi connectivity index (χ4n) is 1.65. The molecule has 7 nitrogen and oxygen atoms in total. The topological polar surface area (TPSA) is 105 Å². The van der Waals surface area contributed by atoms with Gasteiger partial charge in [-0.25, -0.2) is 0 Å².